The summed E-state index contributed by atoms with van der Waals surface area (Å²) in [6.07, 6.45) is 11.4. The van der Waals surface area contributed by atoms with E-state index in [1.807, 2.05) is 31.2 Å². The minimum atomic E-state index is 0.204. The fourth-order valence-corrected chi connectivity index (χ4v) is 2.08. The van der Waals surface area contributed by atoms with Gasteiger partial charge in [-0.05, 0) is 30.4 Å². The minimum absolute atomic E-state index is 0.204. The molecule has 0 unspecified atom stereocenters. The molecule has 16 heavy (non-hydrogen) atoms. The molecule has 0 N–H and O–H groups in total. The van der Waals surface area contributed by atoms with Crippen molar-refractivity contribution in [1.29, 1.82) is 0 Å². The van der Waals surface area contributed by atoms with E-state index in [-0.39, 0.29) is 11.2 Å². The number of rotatable bonds is 0. The van der Waals surface area contributed by atoms with Crippen molar-refractivity contribution < 1.29 is 4.79 Å². The Kier molecular flexibility index (Phi) is 4.05. The van der Waals surface area contributed by atoms with Gasteiger partial charge >= 0.3 is 0 Å². The smallest absolute Gasteiger partial charge is 0.156 e. The zero-order valence-corrected chi connectivity index (χ0v) is 10.4. The molecule has 0 spiro atoms. The second-order valence-corrected chi connectivity index (χ2v) is 5.27. The van der Waals surface area contributed by atoms with Gasteiger partial charge in [0.1, 0.15) is 0 Å². The molecule has 0 bridgehead atoms. The van der Waals surface area contributed by atoms with Gasteiger partial charge < -0.3 is 0 Å². The predicted molar refractivity (Wildman–Crippen MR) is 69.2 cm³/mol. The highest BCUT2D eigenvalue weighted by atomic mass is 16.1. The quantitative estimate of drug-likeness (QED) is 0.598. The maximum atomic E-state index is 11.0. The molecule has 2 aliphatic rings. The molecule has 0 aromatic carbocycles. The summed E-state index contributed by atoms with van der Waals surface area (Å²) in [4.78, 5) is 11.0. The van der Waals surface area contributed by atoms with E-state index in [1.165, 1.54) is 5.57 Å². The van der Waals surface area contributed by atoms with Crippen molar-refractivity contribution >= 4 is 5.78 Å². The molecular formula is C15H20O. The maximum absolute atomic E-state index is 11.0. The van der Waals surface area contributed by atoms with Gasteiger partial charge in [0.05, 0.1) is 0 Å². The van der Waals surface area contributed by atoms with Gasteiger partial charge in [0.2, 0.25) is 0 Å². The fraction of sp³-hybridized carbons (Fsp3) is 0.400. The van der Waals surface area contributed by atoms with Crippen LogP contribution in [0, 0.1) is 5.41 Å². The molecule has 1 nitrogen and oxygen atoms in total. The van der Waals surface area contributed by atoms with Crippen LogP contribution in [0.5, 0.6) is 0 Å². The zero-order chi connectivity index (χ0) is 12.2. The summed E-state index contributed by atoms with van der Waals surface area (Å²) in [5, 5.41) is 0. The van der Waals surface area contributed by atoms with Crippen LogP contribution in [0.25, 0.3) is 0 Å². The highest BCUT2D eigenvalue weighted by Gasteiger charge is 2.25. The molecule has 2 rings (SSSR count). The molecule has 0 aromatic rings. The monoisotopic (exact) mass is 216 g/mol. The number of carbonyl (C=O) groups is 1. The van der Waals surface area contributed by atoms with E-state index in [9.17, 15) is 4.79 Å². The van der Waals surface area contributed by atoms with Crippen LogP contribution in [-0.2, 0) is 4.79 Å². The fourth-order valence-electron chi connectivity index (χ4n) is 2.08. The Morgan fingerprint density at radius 3 is 2.06 bits per heavy atom. The Bertz CT molecular complexity index is 364. The predicted octanol–water partition coefficient (Wildman–Crippen LogP) is 3.99. The summed E-state index contributed by atoms with van der Waals surface area (Å²) in [6.45, 7) is 9.99. The van der Waals surface area contributed by atoms with E-state index in [1.54, 1.807) is 6.08 Å². The van der Waals surface area contributed by atoms with Crippen molar-refractivity contribution in [3.8, 4) is 0 Å². The first kappa shape index (κ1) is 12.7. The second-order valence-electron chi connectivity index (χ2n) is 5.27. The first-order valence-electron chi connectivity index (χ1n) is 5.63. The average molecular weight is 216 g/mol. The van der Waals surface area contributed by atoms with Crippen LogP contribution in [-0.4, -0.2) is 5.78 Å². The minimum Gasteiger partial charge on any atom is -0.295 e. The van der Waals surface area contributed by atoms with Crippen LogP contribution in [0.4, 0.5) is 0 Å². The topological polar surface area (TPSA) is 17.1 Å². The van der Waals surface area contributed by atoms with Crippen molar-refractivity contribution in [2.24, 2.45) is 5.41 Å². The molecule has 86 valence electrons. The highest BCUT2D eigenvalue weighted by molar-refractivity contribution is 5.91. The molecule has 0 aliphatic heterocycles. The summed E-state index contributed by atoms with van der Waals surface area (Å²) >= 11 is 0. The molecule has 0 radical (unpaired) electrons. The molecule has 0 amide bonds. The first-order valence-corrected chi connectivity index (χ1v) is 5.63. The molecule has 1 heteroatoms. The SMILES string of the molecule is C=C1C=CC=C1.CC1=CC(=O)CC(C)(C)C1. The molecule has 0 saturated heterocycles. The van der Waals surface area contributed by atoms with E-state index >= 15 is 0 Å². The second kappa shape index (κ2) is 5.11. The molecule has 0 atom stereocenters. The van der Waals surface area contributed by atoms with Gasteiger partial charge in [-0.1, -0.05) is 50.3 Å². The number of hydrogen-bond acceptors (Lipinski definition) is 1. The third-order valence-corrected chi connectivity index (χ3v) is 2.55. The average Bonchev–Trinajstić information content (AvgIpc) is 2.51. The van der Waals surface area contributed by atoms with E-state index in [4.69, 9.17) is 0 Å². The van der Waals surface area contributed by atoms with Gasteiger partial charge in [-0.15, -0.1) is 0 Å². The largest absolute Gasteiger partial charge is 0.295 e. The Morgan fingerprint density at radius 2 is 1.75 bits per heavy atom. The van der Waals surface area contributed by atoms with Gasteiger partial charge in [-0.25, -0.2) is 0 Å². The van der Waals surface area contributed by atoms with Crippen molar-refractivity contribution in [2.45, 2.75) is 33.6 Å². The first-order chi connectivity index (χ1) is 7.39. The van der Waals surface area contributed by atoms with Crippen LogP contribution >= 0.6 is 0 Å². The summed E-state index contributed by atoms with van der Waals surface area (Å²) in [6, 6.07) is 0. The van der Waals surface area contributed by atoms with Crippen molar-refractivity contribution in [3.05, 3.63) is 48.1 Å². The van der Waals surface area contributed by atoms with Gasteiger partial charge in [0, 0.05) is 6.42 Å². The van der Waals surface area contributed by atoms with E-state index < -0.39 is 0 Å². The molecule has 0 aromatic heterocycles. The number of ketones is 1. The van der Waals surface area contributed by atoms with Gasteiger partial charge in [-0.3, -0.25) is 4.79 Å². The Balaban J connectivity index is 0.000000181. The van der Waals surface area contributed by atoms with Crippen molar-refractivity contribution in [1.82, 2.24) is 0 Å². The van der Waals surface area contributed by atoms with E-state index in [0.717, 1.165) is 12.0 Å². The van der Waals surface area contributed by atoms with Crippen molar-refractivity contribution in [2.75, 3.05) is 0 Å². The van der Waals surface area contributed by atoms with Crippen LogP contribution in [0.2, 0.25) is 0 Å². The number of carbonyl (C=O) groups excluding carboxylic acids is 1. The van der Waals surface area contributed by atoms with Gasteiger partial charge in [-0.2, -0.15) is 0 Å². The third kappa shape index (κ3) is 4.43. The molecular weight excluding hydrogens is 196 g/mol. The summed E-state index contributed by atoms with van der Waals surface area (Å²) < 4.78 is 0. The summed E-state index contributed by atoms with van der Waals surface area (Å²) in [5.41, 5.74) is 2.52. The zero-order valence-electron chi connectivity index (χ0n) is 10.4. The Morgan fingerprint density at radius 1 is 1.19 bits per heavy atom. The molecule has 0 heterocycles. The van der Waals surface area contributed by atoms with Crippen molar-refractivity contribution in [3.63, 3.8) is 0 Å². The lowest BCUT2D eigenvalue weighted by Gasteiger charge is -2.27. The van der Waals surface area contributed by atoms with Crippen LogP contribution in [0.3, 0.4) is 0 Å². The Labute approximate surface area is 98.2 Å². The normalized spacial score (nSPS) is 21.6. The lowest BCUT2D eigenvalue weighted by Crippen LogP contribution is -2.20. The van der Waals surface area contributed by atoms with Gasteiger partial charge in [0.25, 0.3) is 0 Å². The van der Waals surface area contributed by atoms with Crippen LogP contribution in [0.1, 0.15) is 33.6 Å². The van der Waals surface area contributed by atoms with Crippen LogP contribution in [0.15, 0.2) is 48.1 Å². The number of allylic oxidation sites excluding steroid dienone is 7. The lowest BCUT2D eigenvalue weighted by molar-refractivity contribution is -0.117. The highest BCUT2D eigenvalue weighted by Crippen LogP contribution is 2.32. The van der Waals surface area contributed by atoms with E-state index in [2.05, 4.69) is 20.4 Å². The van der Waals surface area contributed by atoms with Gasteiger partial charge in [0.15, 0.2) is 5.78 Å². The lowest BCUT2D eigenvalue weighted by atomic mass is 9.77. The third-order valence-electron chi connectivity index (χ3n) is 2.55. The molecule has 0 fully saturated rings. The van der Waals surface area contributed by atoms with E-state index in [0.29, 0.717) is 6.42 Å². The molecule has 2 aliphatic carbocycles. The van der Waals surface area contributed by atoms with Crippen LogP contribution < -0.4 is 0 Å². The maximum Gasteiger partial charge on any atom is 0.156 e. The summed E-state index contributed by atoms with van der Waals surface area (Å²) in [7, 11) is 0. The number of hydrogen-bond donors (Lipinski definition) is 0. The standard InChI is InChI=1S/C9H14O.C6H6/c1-7-4-8(10)6-9(2,3)5-7;1-6-4-2-3-5-6/h4H,5-6H2,1-3H3;2-5H,1H2. The summed E-state index contributed by atoms with van der Waals surface area (Å²) in [5.74, 6) is 0.286. The molecule has 0 saturated carbocycles. The Hall–Kier alpha value is -1.37.